The van der Waals surface area contributed by atoms with Crippen molar-refractivity contribution < 1.29 is 14.3 Å². The first-order chi connectivity index (χ1) is 12.0. The lowest BCUT2D eigenvalue weighted by Crippen LogP contribution is -2.22. The predicted octanol–water partition coefficient (Wildman–Crippen LogP) is 4.11. The van der Waals surface area contributed by atoms with Crippen molar-refractivity contribution in [1.29, 1.82) is 5.26 Å². The van der Waals surface area contributed by atoms with E-state index in [1.807, 2.05) is 12.1 Å². The molecule has 0 radical (unpaired) electrons. The molecule has 0 aliphatic carbocycles. The maximum Gasteiger partial charge on any atom is 0.234 e. The van der Waals surface area contributed by atoms with Gasteiger partial charge in [0, 0.05) is 12.1 Å². The van der Waals surface area contributed by atoms with Crippen LogP contribution < -0.4 is 14.8 Å². The number of hydrogen-bond acceptors (Lipinski definition) is 4. The van der Waals surface area contributed by atoms with E-state index >= 15 is 0 Å². The molecule has 0 bridgehead atoms. The predicted molar refractivity (Wildman–Crippen MR) is 95.9 cm³/mol. The number of nitriles is 1. The summed E-state index contributed by atoms with van der Waals surface area (Å²) in [5.74, 6) is 0.723. The minimum absolute atomic E-state index is 0.191. The molecule has 0 aliphatic heterocycles. The topological polar surface area (TPSA) is 71.3 Å². The molecule has 7 heteroatoms. The van der Waals surface area contributed by atoms with Crippen LogP contribution in [-0.2, 0) is 17.9 Å². The molecule has 0 saturated heterocycles. The smallest absolute Gasteiger partial charge is 0.234 e. The molecule has 2 aromatic carbocycles. The second-order valence-electron chi connectivity index (χ2n) is 5.10. The molecule has 0 fully saturated rings. The van der Waals surface area contributed by atoms with Crippen molar-refractivity contribution in [3.8, 4) is 17.6 Å². The first kappa shape index (κ1) is 18.9. The maximum absolute atomic E-state index is 11.5. The number of halogens is 2. The number of rotatable bonds is 7. The molecule has 0 unspecified atom stereocenters. The fourth-order valence-electron chi connectivity index (χ4n) is 2.14. The van der Waals surface area contributed by atoms with Crippen molar-refractivity contribution in [3.63, 3.8) is 0 Å². The largest absolute Gasteiger partial charge is 0.493 e. The van der Waals surface area contributed by atoms with Gasteiger partial charge in [0.2, 0.25) is 5.91 Å². The molecule has 5 nitrogen and oxygen atoms in total. The molecule has 2 aromatic rings. The highest BCUT2D eigenvalue weighted by molar-refractivity contribution is 6.42. The summed E-state index contributed by atoms with van der Waals surface area (Å²) in [6.45, 7) is 0.491. The van der Waals surface area contributed by atoms with Gasteiger partial charge < -0.3 is 14.8 Å². The Morgan fingerprint density at radius 3 is 2.72 bits per heavy atom. The number of nitrogens with one attached hydrogen (secondary N) is 1. The second kappa shape index (κ2) is 9.16. The van der Waals surface area contributed by atoms with Gasteiger partial charge in [0.1, 0.15) is 13.0 Å². The molecular weight excluding hydrogens is 363 g/mol. The third-order valence-corrected chi connectivity index (χ3v) is 4.10. The molecule has 1 amide bonds. The Morgan fingerprint density at radius 2 is 2.04 bits per heavy atom. The first-order valence-corrected chi connectivity index (χ1v) is 8.17. The van der Waals surface area contributed by atoms with Crippen LogP contribution in [0.4, 0.5) is 0 Å². The molecule has 1 N–H and O–H groups in total. The van der Waals surface area contributed by atoms with Crippen LogP contribution in [0.2, 0.25) is 10.0 Å². The molecule has 0 saturated carbocycles. The number of benzene rings is 2. The van der Waals surface area contributed by atoms with Gasteiger partial charge in [-0.3, -0.25) is 4.79 Å². The number of amides is 1. The fourth-order valence-corrected chi connectivity index (χ4v) is 2.46. The van der Waals surface area contributed by atoms with Crippen LogP contribution in [0.3, 0.4) is 0 Å². The highest BCUT2D eigenvalue weighted by Gasteiger charge is 2.12. The average Bonchev–Trinajstić information content (AvgIpc) is 2.61. The SMILES string of the molecule is COc1cccc(CNC(=O)CC#N)c1OCc1ccc(Cl)c(Cl)c1. The Balaban J connectivity index is 2.15. The van der Waals surface area contributed by atoms with Crippen molar-refractivity contribution in [2.24, 2.45) is 0 Å². The minimum Gasteiger partial charge on any atom is -0.493 e. The summed E-state index contributed by atoms with van der Waals surface area (Å²) >= 11 is 11.9. The number of carbonyl (C=O) groups excluding carboxylic acids is 1. The van der Waals surface area contributed by atoms with Crippen molar-refractivity contribution in [1.82, 2.24) is 5.32 Å². The van der Waals surface area contributed by atoms with Gasteiger partial charge in [-0.05, 0) is 23.8 Å². The average molecular weight is 379 g/mol. The van der Waals surface area contributed by atoms with E-state index in [0.29, 0.717) is 21.5 Å². The molecule has 2 rings (SSSR count). The number of ether oxygens (including phenoxy) is 2. The first-order valence-electron chi connectivity index (χ1n) is 7.41. The minimum atomic E-state index is -0.347. The molecule has 0 spiro atoms. The lowest BCUT2D eigenvalue weighted by Gasteiger charge is -2.15. The van der Waals surface area contributed by atoms with Crippen molar-refractivity contribution in [3.05, 3.63) is 57.6 Å². The van der Waals surface area contributed by atoms with Gasteiger partial charge in [0.05, 0.1) is 23.2 Å². The second-order valence-corrected chi connectivity index (χ2v) is 5.91. The third-order valence-electron chi connectivity index (χ3n) is 3.36. The maximum atomic E-state index is 11.5. The molecular formula is C18H16Cl2N2O3. The van der Waals surface area contributed by atoms with Crippen LogP contribution in [0.5, 0.6) is 11.5 Å². The summed E-state index contributed by atoms with van der Waals surface area (Å²) in [6, 6.07) is 12.4. The quantitative estimate of drug-likeness (QED) is 0.786. The summed E-state index contributed by atoms with van der Waals surface area (Å²) in [5.41, 5.74) is 1.59. The standard InChI is InChI=1S/C18H16Cl2N2O3/c1-24-16-4-2-3-13(10-22-17(23)7-8-21)18(16)25-11-12-5-6-14(19)15(20)9-12/h2-6,9H,7,10-11H2,1H3,(H,22,23). The van der Waals surface area contributed by atoms with Crippen molar-refractivity contribution >= 4 is 29.1 Å². The number of nitrogens with zero attached hydrogens (tertiary/aromatic N) is 1. The van der Waals surface area contributed by atoms with E-state index < -0.39 is 0 Å². The molecule has 130 valence electrons. The molecule has 0 heterocycles. The summed E-state index contributed by atoms with van der Waals surface area (Å²) in [7, 11) is 1.54. The highest BCUT2D eigenvalue weighted by atomic mass is 35.5. The molecule has 0 aromatic heterocycles. The monoisotopic (exact) mass is 378 g/mol. The van der Waals surface area contributed by atoms with Gasteiger partial charge in [-0.2, -0.15) is 5.26 Å². The number of para-hydroxylation sites is 1. The zero-order chi connectivity index (χ0) is 18.2. The highest BCUT2D eigenvalue weighted by Crippen LogP contribution is 2.32. The van der Waals surface area contributed by atoms with Crippen LogP contribution >= 0.6 is 23.2 Å². The van der Waals surface area contributed by atoms with E-state index in [4.69, 9.17) is 37.9 Å². The van der Waals surface area contributed by atoms with E-state index in [1.54, 1.807) is 37.4 Å². The van der Waals surface area contributed by atoms with Gasteiger partial charge in [0.15, 0.2) is 11.5 Å². The van der Waals surface area contributed by atoms with Crippen LogP contribution in [0.25, 0.3) is 0 Å². The Labute approximate surface area is 156 Å². The van der Waals surface area contributed by atoms with Crippen molar-refractivity contribution in [2.75, 3.05) is 7.11 Å². The molecule has 25 heavy (non-hydrogen) atoms. The summed E-state index contributed by atoms with van der Waals surface area (Å²) < 4.78 is 11.2. The third kappa shape index (κ3) is 5.28. The summed E-state index contributed by atoms with van der Waals surface area (Å²) in [6.07, 6.45) is -0.191. The van der Waals surface area contributed by atoms with Crippen LogP contribution in [-0.4, -0.2) is 13.0 Å². The normalized spacial score (nSPS) is 10.0. The number of carbonyl (C=O) groups is 1. The Morgan fingerprint density at radius 1 is 1.24 bits per heavy atom. The lowest BCUT2D eigenvalue weighted by atomic mass is 10.1. The Kier molecular flexibility index (Phi) is 6.93. The van der Waals surface area contributed by atoms with E-state index in [1.165, 1.54) is 0 Å². The van der Waals surface area contributed by atoms with E-state index in [2.05, 4.69) is 5.32 Å². The van der Waals surface area contributed by atoms with Crippen LogP contribution in [0, 0.1) is 11.3 Å². The zero-order valence-corrected chi connectivity index (χ0v) is 15.0. The summed E-state index contributed by atoms with van der Waals surface area (Å²) in [5, 5.41) is 12.1. The number of methoxy groups -OCH3 is 1. The van der Waals surface area contributed by atoms with Crippen molar-refractivity contribution in [2.45, 2.75) is 19.6 Å². The molecule has 0 aliphatic rings. The van der Waals surface area contributed by atoms with Gasteiger partial charge in [-0.25, -0.2) is 0 Å². The van der Waals surface area contributed by atoms with Gasteiger partial charge in [-0.1, -0.05) is 41.4 Å². The van der Waals surface area contributed by atoms with E-state index in [9.17, 15) is 4.79 Å². The Hall–Kier alpha value is -2.42. The number of hydrogen-bond donors (Lipinski definition) is 1. The molecule has 0 atom stereocenters. The zero-order valence-electron chi connectivity index (χ0n) is 13.5. The van der Waals surface area contributed by atoms with E-state index in [-0.39, 0.29) is 25.5 Å². The Bertz CT molecular complexity index is 803. The van der Waals surface area contributed by atoms with Crippen LogP contribution in [0.1, 0.15) is 17.5 Å². The van der Waals surface area contributed by atoms with Gasteiger partial charge in [-0.15, -0.1) is 0 Å². The lowest BCUT2D eigenvalue weighted by molar-refractivity contribution is -0.120. The fraction of sp³-hybridized carbons (Fsp3) is 0.222. The van der Waals surface area contributed by atoms with E-state index in [0.717, 1.165) is 11.1 Å². The van der Waals surface area contributed by atoms with Crippen LogP contribution in [0.15, 0.2) is 36.4 Å². The van der Waals surface area contributed by atoms with Gasteiger partial charge >= 0.3 is 0 Å². The van der Waals surface area contributed by atoms with Gasteiger partial charge in [0.25, 0.3) is 0 Å². The summed E-state index contributed by atoms with van der Waals surface area (Å²) in [4.78, 5) is 11.5.